The highest BCUT2D eigenvalue weighted by atomic mass is 35.5. The van der Waals surface area contributed by atoms with E-state index in [2.05, 4.69) is 30.6 Å². The van der Waals surface area contributed by atoms with Crippen LogP contribution in [0.4, 0.5) is 36.2 Å². The molecule has 0 saturated carbocycles. The van der Waals surface area contributed by atoms with Gasteiger partial charge in [0, 0.05) is 43.1 Å². The molecule has 2 aromatic heterocycles. The number of fused-ring (bicyclic) bond motifs is 1. The molecule has 10 nitrogen and oxygen atoms in total. The summed E-state index contributed by atoms with van der Waals surface area (Å²) in [7, 11) is 8.79. The van der Waals surface area contributed by atoms with Crippen molar-refractivity contribution in [2.45, 2.75) is 13.1 Å². The zero-order chi connectivity index (χ0) is 30.6. The minimum absolute atomic E-state index is 0.0969. The van der Waals surface area contributed by atoms with Gasteiger partial charge in [-0.3, -0.25) is 0 Å². The summed E-state index contributed by atoms with van der Waals surface area (Å²) < 4.78 is 54.4. The molecule has 2 aromatic carbocycles. The fraction of sp³-hybridized carbons (Fsp3) is 0.321. The normalized spacial score (nSPS) is 11.9. The van der Waals surface area contributed by atoms with Gasteiger partial charge in [0.2, 0.25) is 11.8 Å². The number of nitrogens with zero attached hydrogens (tertiary/aromatic N) is 7. The van der Waals surface area contributed by atoms with Crippen molar-refractivity contribution in [2.75, 3.05) is 58.7 Å². The van der Waals surface area contributed by atoms with Gasteiger partial charge in [-0.2, -0.15) is 24.4 Å². The van der Waals surface area contributed by atoms with Crippen LogP contribution in [0.25, 0.3) is 22.0 Å². The Hall–Kier alpha value is -4.23. The fourth-order valence-corrected chi connectivity index (χ4v) is 4.32. The number of hydrogen-bond acceptors (Lipinski definition) is 8. The Morgan fingerprint density at radius 2 is 1.86 bits per heavy atom. The van der Waals surface area contributed by atoms with Crippen molar-refractivity contribution < 1.29 is 22.6 Å². The van der Waals surface area contributed by atoms with Crippen molar-refractivity contribution >= 4 is 45.5 Å². The van der Waals surface area contributed by atoms with Crippen molar-refractivity contribution in [3.05, 3.63) is 64.7 Å². The summed E-state index contributed by atoms with van der Waals surface area (Å²) in [6.07, 6.45) is -0.603. The van der Waals surface area contributed by atoms with Gasteiger partial charge in [-0.05, 0) is 45.3 Å². The van der Waals surface area contributed by atoms with Gasteiger partial charge >= 0.3 is 6.18 Å². The molecule has 0 saturated heterocycles. The molecule has 0 unspecified atom stereocenters. The van der Waals surface area contributed by atoms with Crippen molar-refractivity contribution in [1.82, 2.24) is 24.6 Å². The summed E-state index contributed by atoms with van der Waals surface area (Å²) in [5, 5.41) is 12.6. The molecule has 0 bridgehead atoms. The number of benzene rings is 2. The van der Waals surface area contributed by atoms with Crippen LogP contribution in [0.1, 0.15) is 12.5 Å². The van der Waals surface area contributed by atoms with E-state index in [0.717, 1.165) is 23.5 Å². The van der Waals surface area contributed by atoms with Gasteiger partial charge in [0.05, 0.1) is 30.8 Å². The molecule has 0 spiro atoms. The zero-order valence-corrected chi connectivity index (χ0v) is 24.7. The predicted molar refractivity (Wildman–Crippen MR) is 159 cm³/mol. The largest absolute Gasteiger partial charge is 0.663 e. The van der Waals surface area contributed by atoms with E-state index < -0.39 is 17.6 Å². The Morgan fingerprint density at radius 3 is 2.50 bits per heavy atom. The number of alkyl halides is 3. The van der Waals surface area contributed by atoms with E-state index in [1.165, 1.54) is 14.2 Å². The van der Waals surface area contributed by atoms with Gasteiger partial charge in [0.1, 0.15) is 11.3 Å². The Kier molecular flexibility index (Phi) is 9.32. The molecule has 0 aliphatic rings. The molecule has 0 aliphatic heterocycles. The van der Waals surface area contributed by atoms with Crippen LogP contribution in [0, 0.1) is 0 Å². The molecule has 0 atom stereocenters. The number of anilines is 3. The number of nitrogens with one attached hydrogen (secondary N) is 1. The van der Waals surface area contributed by atoms with Crippen LogP contribution >= 0.6 is 11.6 Å². The second-order valence-corrected chi connectivity index (χ2v) is 9.95. The number of halogens is 4. The molecule has 0 radical (unpaired) electrons. The molecule has 4 aromatic rings. The molecule has 42 heavy (non-hydrogen) atoms. The van der Waals surface area contributed by atoms with Crippen molar-refractivity contribution in [3.63, 3.8) is 0 Å². The lowest BCUT2D eigenvalue weighted by atomic mass is 10.2. The molecule has 4 rings (SSSR count). The Morgan fingerprint density at radius 1 is 1.10 bits per heavy atom. The van der Waals surface area contributed by atoms with E-state index in [-0.39, 0.29) is 11.8 Å². The number of ether oxygens (including phenoxy) is 2. The Labute approximate surface area is 246 Å². The smallest absolute Gasteiger partial charge is 0.421 e. The predicted octanol–water partition coefficient (Wildman–Crippen LogP) is 6.79. The average Bonchev–Trinajstić information content (AvgIpc) is 3.31. The maximum absolute atomic E-state index is 14.1. The molecular formula is C28H31ClF3N8O2-. The maximum atomic E-state index is 14.1. The summed E-state index contributed by atoms with van der Waals surface area (Å²) in [6, 6.07) is 8.19. The van der Waals surface area contributed by atoms with E-state index in [1.54, 1.807) is 42.6 Å². The van der Waals surface area contributed by atoms with E-state index in [9.17, 15) is 13.2 Å². The fourth-order valence-electron chi connectivity index (χ4n) is 4.15. The van der Waals surface area contributed by atoms with E-state index >= 15 is 0 Å². The minimum Gasteiger partial charge on any atom is -0.663 e. The van der Waals surface area contributed by atoms with Crippen molar-refractivity contribution in [3.8, 4) is 17.4 Å². The number of methoxy groups -OCH3 is 2. The highest BCUT2D eigenvalue weighted by Crippen LogP contribution is 2.42. The SMILES string of the molecule is CC=C[N-]c1cc(Nc2ncc(C(F)(F)F)c(-n3nc(OC)c4cc(Cl)ccc43)n2)c(OC)cc1N(C)CCN(C)C. The van der Waals surface area contributed by atoms with Gasteiger partial charge in [-0.25, -0.2) is 9.67 Å². The molecule has 0 amide bonds. The average molecular weight is 604 g/mol. The number of hydrogen-bond donors (Lipinski definition) is 1. The molecule has 14 heteroatoms. The lowest BCUT2D eigenvalue weighted by Crippen LogP contribution is -2.28. The third-order valence-electron chi connectivity index (χ3n) is 6.28. The number of allylic oxidation sites excluding steroid dienone is 1. The van der Waals surface area contributed by atoms with Crippen LogP contribution in [-0.4, -0.2) is 73.1 Å². The summed E-state index contributed by atoms with van der Waals surface area (Å²) in [4.78, 5) is 12.3. The van der Waals surface area contributed by atoms with Crippen LogP contribution in [0.3, 0.4) is 0 Å². The Balaban J connectivity index is 1.82. The first-order valence-electron chi connectivity index (χ1n) is 12.8. The second kappa shape index (κ2) is 12.7. The van der Waals surface area contributed by atoms with Crippen LogP contribution in [0.2, 0.25) is 5.02 Å². The second-order valence-electron chi connectivity index (χ2n) is 9.51. The minimum atomic E-state index is -4.76. The molecule has 0 aliphatic carbocycles. The molecule has 0 fully saturated rings. The van der Waals surface area contributed by atoms with Gasteiger partial charge in [-0.1, -0.05) is 11.6 Å². The lowest BCUT2D eigenvalue weighted by Gasteiger charge is -2.31. The van der Waals surface area contributed by atoms with E-state index in [0.29, 0.717) is 39.2 Å². The highest BCUT2D eigenvalue weighted by molar-refractivity contribution is 6.31. The summed E-state index contributed by atoms with van der Waals surface area (Å²) >= 11 is 6.12. The molecule has 1 N–H and O–H groups in total. The molecule has 224 valence electrons. The number of likely N-dealkylation sites (N-methyl/N-ethyl adjacent to an activating group) is 2. The van der Waals surface area contributed by atoms with Crippen LogP contribution in [-0.2, 0) is 6.18 Å². The third kappa shape index (κ3) is 6.63. The first-order valence-corrected chi connectivity index (χ1v) is 13.2. The highest BCUT2D eigenvalue weighted by Gasteiger charge is 2.37. The summed E-state index contributed by atoms with van der Waals surface area (Å²) in [5.74, 6) is -0.0846. The van der Waals surface area contributed by atoms with E-state index in [4.69, 9.17) is 21.1 Å². The van der Waals surface area contributed by atoms with Crippen LogP contribution in [0.5, 0.6) is 11.6 Å². The topological polar surface area (TPSA) is 94.7 Å². The summed E-state index contributed by atoms with van der Waals surface area (Å²) in [5.41, 5.74) is 1.07. The van der Waals surface area contributed by atoms with Gasteiger partial charge < -0.3 is 29.9 Å². The Bertz CT molecular complexity index is 1590. The number of rotatable bonds is 11. The maximum Gasteiger partial charge on any atom is 0.421 e. The first kappa shape index (κ1) is 30.7. The molecular weight excluding hydrogens is 573 g/mol. The van der Waals surface area contributed by atoms with Crippen LogP contribution in [0.15, 0.2) is 48.8 Å². The third-order valence-corrected chi connectivity index (χ3v) is 6.51. The number of aromatic nitrogens is 4. The summed E-state index contributed by atoms with van der Waals surface area (Å²) in [6.45, 7) is 3.38. The van der Waals surface area contributed by atoms with Crippen molar-refractivity contribution in [1.29, 1.82) is 0 Å². The van der Waals surface area contributed by atoms with Gasteiger partial charge in [0.25, 0.3) is 0 Å². The first-order chi connectivity index (χ1) is 20.0. The molecule has 2 heterocycles. The monoisotopic (exact) mass is 603 g/mol. The van der Waals surface area contributed by atoms with E-state index in [1.807, 2.05) is 33.0 Å². The zero-order valence-electron chi connectivity index (χ0n) is 24.0. The van der Waals surface area contributed by atoms with Crippen LogP contribution < -0.4 is 19.7 Å². The standard InChI is InChI=1S/C28H31ClF3N8O2/c1-7-10-33-20-14-21(24(41-5)15-23(20)39(4)12-11-38(2)3)35-27-34-16-19(28(30,31)32)25(36-27)40-22-9-8-17(29)13-18(22)26(37-40)42-6/h7-10,13-16H,11-12H2,1-6H3,(H,34,35,36)/q-1. The quantitative estimate of drug-likeness (QED) is 0.200. The van der Waals surface area contributed by atoms with Crippen molar-refractivity contribution in [2.24, 2.45) is 0 Å². The lowest BCUT2D eigenvalue weighted by molar-refractivity contribution is -0.138. The van der Waals surface area contributed by atoms with Gasteiger partial charge in [0.15, 0.2) is 5.82 Å². The van der Waals surface area contributed by atoms with Gasteiger partial charge in [-0.15, -0.1) is 16.9 Å².